The minimum absolute atomic E-state index is 0.861. The standard InChI is InChI=1S/C11H18/c1-4-6-7-10(5-2)11-8-9(11)3/h5,9H,2,4,6-8H2,1,3H3. The molecule has 1 unspecified atom stereocenters. The van der Waals surface area contributed by atoms with Crippen LogP contribution < -0.4 is 0 Å². The number of hydrogen-bond donors (Lipinski definition) is 0. The molecule has 1 saturated carbocycles. The smallest absolute Gasteiger partial charge is 0.0188 e. The molecule has 0 bridgehead atoms. The molecule has 1 atom stereocenters. The zero-order valence-corrected chi connectivity index (χ0v) is 7.69. The van der Waals surface area contributed by atoms with Gasteiger partial charge in [0.1, 0.15) is 0 Å². The Morgan fingerprint density at radius 1 is 1.73 bits per heavy atom. The topological polar surface area (TPSA) is 0 Å². The molecule has 0 aliphatic heterocycles. The first kappa shape index (κ1) is 8.58. The molecule has 1 fully saturated rings. The summed E-state index contributed by atoms with van der Waals surface area (Å²) in [5.41, 5.74) is 3.19. The van der Waals surface area contributed by atoms with Gasteiger partial charge < -0.3 is 0 Å². The normalized spacial score (nSPS) is 26.5. The molecule has 1 rings (SSSR count). The summed E-state index contributed by atoms with van der Waals surface area (Å²) in [5.74, 6) is 0.861. The predicted octanol–water partition coefficient (Wildman–Crippen LogP) is 3.70. The van der Waals surface area contributed by atoms with Crippen molar-refractivity contribution in [1.29, 1.82) is 0 Å². The summed E-state index contributed by atoms with van der Waals surface area (Å²) in [5, 5.41) is 0. The molecular formula is C11H18. The molecule has 1 aliphatic carbocycles. The molecule has 11 heavy (non-hydrogen) atoms. The third-order valence-electron chi connectivity index (χ3n) is 2.42. The van der Waals surface area contributed by atoms with Crippen molar-refractivity contribution in [3.05, 3.63) is 23.8 Å². The first-order valence-electron chi connectivity index (χ1n) is 4.64. The molecule has 0 spiro atoms. The minimum atomic E-state index is 0.861. The first-order chi connectivity index (χ1) is 5.29. The van der Waals surface area contributed by atoms with E-state index in [0.29, 0.717) is 0 Å². The highest BCUT2D eigenvalue weighted by atomic mass is 14.3. The summed E-state index contributed by atoms with van der Waals surface area (Å²) in [6.07, 6.45) is 7.23. The van der Waals surface area contributed by atoms with E-state index in [4.69, 9.17) is 0 Å². The summed E-state index contributed by atoms with van der Waals surface area (Å²) >= 11 is 0. The molecule has 0 amide bonds. The highest BCUT2D eigenvalue weighted by Crippen LogP contribution is 2.41. The second kappa shape index (κ2) is 3.75. The summed E-state index contributed by atoms with van der Waals surface area (Å²) in [6, 6.07) is 0. The zero-order valence-electron chi connectivity index (χ0n) is 7.69. The van der Waals surface area contributed by atoms with E-state index in [-0.39, 0.29) is 0 Å². The molecule has 0 radical (unpaired) electrons. The van der Waals surface area contributed by atoms with Gasteiger partial charge in [-0.2, -0.15) is 0 Å². The van der Waals surface area contributed by atoms with Crippen LogP contribution in [0.1, 0.15) is 39.5 Å². The number of rotatable bonds is 4. The van der Waals surface area contributed by atoms with Crippen LogP contribution >= 0.6 is 0 Å². The van der Waals surface area contributed by atoms with E-state index in [1.165, 1.54) is 31.3 Å². The maximum absolute atomic E-state index is 3.85. The summed E-state index contributed by atoms with van der Waals surface area (Å²) in [7, 11) is 0. The highest BCUT2D eigenvalue weighted by molar-refractivity contribution is 5.35. The van der Waals surface area contributed by atoms with Crippen molar-refractivity contribution in [1.82, 2.24) is 0 Å². The summed E-state index contributed by atoms with van der Waals surface area (Å²) < 4.78 is 0. The van der Waals surface area contributed by atoms with Gasteiger partial charge >= 0.3 is 0 Å². The van der Waals surface area contributed by atoms with Crippen LogP contribution in [-0.2, 0) is 0 Å². The Kier molecular flexibility index (Phi) is 2.92. The van der Waals surface area contributed by atoms with E-state index in [1.54, 1.807) is 5.57 Å². The number of unbranched alkanes of at least 4 members (excludes halogenated alkanes) is 1. The lowest BCUT2D eigenvalue weighted by Crippen LogP contribution is -1.79. The maximum Gasteiger partial charge on any atom is -0.0188 e. The van der Waals surface area contributed by atoms with Gasteiger partial charge in [0.25, 0.3) is 0 Å². The highest BCUT2D eigenvalue weighted by Gasteiger charge is 2.26. The molecular weight excluding hydrogens is 132 g/mol. The van der Waals surface area contributed by atoms with Crippen molar-refractivity contribution in [3.8, 4) is 0 Å². The van der Waals surface area contributed by atoms with Gasteiger partial charge in [0.05, 0.1) is 0 Å². The SMILES string of the molecule is C=CC(CCCC)=C1CC1C. The van der Waals surface area contributed by atoms with Gasteiger partial charge in [-0.3, -0.25) is 0 Å². The second-order valence-corrected chi connectivity index (χ2v) is 3.46. The van der Waals surface area contributed by atoms with Crippen LogP contribution in [0.4, 0.5) is 0 Å². The van der Waals surface area contributed by atoms with E-state index in [0.717, 1.165) is 5.92 Å². The van der Waals surface area contributed by atoms with Crippen LogP contribution in [-0.4, -0.2) is 0 Å². The fraction of sp³-hybridized carbons (Fsp3) is 0.636. The monoisotopic (exact) mass is 150 g/mol. The Balaban J connectivity index is 2.44. The van der Waals surface area contributed by atoms with E-state index in [9.17, 15) is 0 Å². The Morgan fingerprint density at radius 3 is 2.73 bits per heavy atom. The van der Waals surface area contributed by atoms with E-state index in [2.05, 4.69) is 26.5 Å². The zero-order chi connectivity index (χ0) is 8.27. The lowest BCUT2D eigenvalue weighted by Gasteiger charge is -1.98. The fourth-order valence-electron chi connectivity index (χ4n) is 1.48. The second-order valence-electron chi connectivity index (χ2n) is 3.46. The van der Waals surface area contributed by atoms with E-state index < -0.39 is 0 Å². The molecule has 0 heteroatoms. The van der Waals surface area contributed by atoms with Gasteiger partial charge in [0, 0.05) is 0 Å². The van der Waals surface area contributed by atoms with Crippen LogP contribution in [0.5, 0.6) is 0 Å². The molecule has 0 nitrogen and oxygen atoms in total. The van der Waals surface area contributed by atoms with Gasteiger partial charge in [-0.1, -0.05) is 38.5 Å². The Morgan fingerprint density at radius 2 is 2.36 bits per heavy atom. The van der Waals surface area contributed by atoms with Crippen molar-refractivity contribution < 1.29 is 0 Å². The van der Waals surface area contributed by atoms with Crippen molar-refractivity contribution in [2.45, 2.75) is 39.5 Å². The van der Waals surface area contributed by atoms with Crippen molar-refractivity contribution in [2.24, 2.45) is 5.92 Å². The predicted molar refractivity (Wildman–Crippen MR) is 50.5 cm³/mol. The molecule has 0 saturated heterocycles. The largest absolute Gasteiger partial charge is 0.0988 e. The summed E-state index contributed by atoms with van der Waals surface area (Å²) in [6.45, 7) is 8.39. The summed E-state index contributed by atoms with van der Waals surface area (Å²) in [4.78, 5) is 0. The van der Waals surface area contributed by atoms with E-state index >= 15 is 0 Å². The molecule has 62 valence electrons. The Hall–Kier alpha value is -0.520. The quantitative estimate of drug-likeness (QED) is 0.573. The van der Waals surface area contributed by atoms with Crippen LogP contribution in [0.25, 0.3) is 0 Å². The molecule has 0 aromatic heterocycles. The molecule has 0 heterocycles. The van der Waals surface area contributed by atoms with Crippen LogP contribution in [0.15, 0.2) is 23.8 Å². The van der Waals surface area contributed by atoms with Gasteiger partial charge in [-0.05, 0) is 30.8 Å². The van der Waals surface area contributed by atoms with Crippen LogP contribution in [0.2, 0.25) is 0 Å². The maximum atomic E-state index is 3.85. The number of hydrogen-bond acceptors (Lipinski definition) is 0. The van der Waals surface area contributed by atoms with E-state index in [1.807, 2.05) is 0 Å². The van der Waals surface area contributed by atoms with Gasteiger partial charge in [0.15, 0.2) is 0 Å². The average molecular weight is 150 g/mol. The minimum Gasteiger partial charge on any atom is -0.0988 e. The molecule has 0 aromatic carbocycles. The van der Waals surface area contributed by atoms with Gasteiger partial charge in [0.2, 0.25) is 0 Å². The fourth-order valence-corrected chi connectivity index (χ4v) is 1.48. The average Bonchev–Trinajstić information content (AvgIpc) is 2.69. The molecule has 1 aliphatic rings. The first-order valence-corrected chi connectivity index (χ1v) is 4.64. The molecule has 0 N–H and O–H groups in total. The Labute approximate surface area is 70.0 Å². The lowest BCUT2D eigenvalue weighted by molar-refractivity contribution is 0.794. The van der Waals surface area contributed by atoms with Crippen molar-refractivity contribution >= 4 is 0 Å². The van der Waals surface area contributed by atoms with Gasteiger partial charge in [-0.15, -0.1) is 0 Å². The van der Waals surface area contributed by atoms with Crippen molar-refractivity contribution in [2.75, 3.05) is 0 Å². The number of allylic oxidation sites excluding steroid dienone is 3. The lowest BCUT2D eigenvalue weighted by atomic mass is 10.1. The van der Waals surface area contributed by atoms with Crippen molar-refractivity contribution in [3.63, 3.8) is 0 Å². The van der Waals surface area contributed by atoms with Gasteiger partial charge in [-0.25, -0.2) is 0 Å². The van der Waals surface area contributed by atoms with Crippen LogP contribution in [0, 0.1) is 5.92 Å². The third-order valence-corrected chi connectivity index (χ3v) is 2.42. The Bertz CT molecular complexity index is 174. The van der Waals surface area contributed by atoms with Crippen LogP contribution in [0.3, 0.4) is 0 Å². The third kappa shape index (κ3) is 2.21. The molecule has 0 aromatic rings.